The molecule has 3 nitrogen and oxygen atoms in total. The second-order valence-corrected chi connectivity index (χ2v) is 16.8. The summed E-state index contributed by atoms with van der Waals surface area (Å²) in [6.45, 7) is 0. The zero-order valence-electron chi connectivity index (χ0n) is 36.0. The Morgan fingerprint density at radius 2 is 0.485 bits per heavy atom. The molecule has 0 unspecified atom stereocenters. The summed E-state index contributed by atoms with van der Waals surface area (Å²) >= 11 is 0. The van der Waals surface area contributed by atoms with E-state index < -0.39 is 0 Å². The molecule has 0 bridgehead atoms. The molecule has 12 aromatic rings. The van der Waals surface area contributed by atoms with Crippen molar-refractivity contribution in [2.45, 2.75) is 0 Å². The number of hydrogen-bond acceptors (Lipinski definition) is 3. The number of fused-ring (bicyclic) bond motifs is 3. The highest BCUT2D eigenvalue weighted by atomic mass is 15.0. The summed E-state index contributed by atoms with van der Waals surface area (Å²) in [4.78, 5) is 15.9. The van der Waals surface area contributed by atoms with Crippen LogP contribution in [0.5, 0.6) is 0 Å². The van der Waals surface area contributed by atoms with E-state index >= 15 is 0 Å². The minimum absolute atomic E-state index is 0.607. The van der Waals surface area contributed by atoms with Crippen LogP contribution in [0.15, 0.2) is 249 Å². The van der Waals surface area contributed by atoms with E-state index in [1.54, 1.807) is 0 Å². The fourth-order valence-corrected chi connectivity index (χ4v) is 9.36. The second kappa shape index (κ2) is 16.7. The van der Waals surface area contributed by atoms with Gasteiger partial charge in [-0.15, -0.1) is 0 Å². The molecule has 0 fully saturated rings. The summed E-state index contributed by atoms with van der Waals surface area (Å²) in [7, 11) is 0. The Kier molecular flexibility index (Phi) is 9.85. The summed E-state index contributed by atoms with van der Waals surface area (Å²) in [6.07, 6.45) is 0. The Morgan fingerprint density at radius 3 is 0.955 bits per heavy atom. The van der Waals surface area contributed by atoms with Gasteiger partial charge in [0, 0.05) is 16.7 Å². The lowest BCUT2D eigenvalue weighted by molar-refractivity contribution is 1.07. The van der Waals surface area contributed by atoms with Crippen LogP contribution in [0.4, 0.5) is 0 Å². The first kappa shape index (κ1) is 38.9. The third-order valence-electron chi connectivity index (χ3n) is 12.7. The lowest BCUT2D eigenvalue weighted by atomic mass is 9.92. The molecule has 12 rings (SSSR count). The van der Waals surface area contributed by atoms with Gasteiger partial charge < -0.3 is 0 Å². The number of nitrogens with zero attached hydrogens (tertiary/aromatic N) is 3. The van der Waals surface area contributed by atoms with Crippen molar-refractivity contribution in [1.82, 2.24) is 15.0 Å². The van der Waals surface area contributed by atoms with E-state index in [9.17, 15) is 0 Å². The third-order valence-corrected chi connectivity index (χ3v) is 12.7. The molecule has 1 aromatic heterocycles. The van der Waals surface area contributed by atoms with Gasteiger partial charge in [0.2, 0.25) is 0 Å². The first-order valence-electron chi connectivity index (χ1n) is 22.4. The largest absolute Gasteiger partial charge is 0.208 e. The molecule has 66 heavy (non-hydrogen) atoms. The smallest absolute Gasteiger partial charge is 0.164 e. The Hall–Kier alpha value is -8.79. The fraction of sp³-hybridized carbons (Fsp3) is 0. The third kappa shape index (κ3) is 7.39. The SMILES string of the molecule is c1ccc(-c2ccc(-c3cc(-c4nc(-c5ccc(-c6cccc7ccccc67)cc5)nc(-c5ccc(-c6cccc7ccccc67)cc5)n4)cc(-c4cccc5ccccc45)c3)cc2)cc1. The van der Waals surface area contributed by atoms with Crippen LogP contribution in [-0.4, -0.2) is 15.0 Å². The minimum atomic E-state index is 0.607. The summed E-state index contributed by atoms with van der Waals surface area (Å²) in [5.74, 6) is 1.83. The normalized spacial score (nSPS) is 11.3. The van der Waals surface area contributed by atoms with Crippen LogP contribution in [0.25, 0.3) is 122 Å². The van der Waals surface area contributed by atoms with Crippen molar-refractivity contribution in [1.29, 1.82) is 0 Å². The molecule has 0 radical (unpaired) electrons. The van der Waals surface area contributed by atoms with Gasteiger partial charge >= 0.3 is 0 Å². The van der Waals surface area contributed by atoms with Gasteiger partial charge in [-0.3, -0.25) is 0 Å². The molecule has 0 aliphatic carbocycles. The summed E-state index contributed by atoms with van der Waals surface area (Å²) in [6, 6.07) is 88.5. The predicted molar refractivity (Wildman–Crippen MR) is 276 cm³/mol. The molecule has 0 amide bonds. The van der Waals surface area contributed by atoms with E-state index in [4.69, 9.17) is 15.0 Å². The van der Waals surface area contributed by atoms with Gasteiger partial charge in [0.25, 0.3) is 0 Å². The van der Waals surface area contributed by atoms with Gasteiger partial charge in [-0.2, -0.15) is 0 Å². The van der Waals surface area contributed by atoms with Crippen molar-refractivity contribution >= 4 is 32.3 Å². The van der Waals surface area contributed by atoms with E-state index in [2.05, 4.69) is 249 Å². The van der Waals surface area contributed by atoms with E-state index in [1.807, 2.05) is 0 Å². The highest BCUT2D eigenvalue weighted by molar-refractivity contribution is 6.00. The molecule has 308 valence electrons. The molecule has 0 aliphatic rings. The first-order chi connectivity index (χ1) is 32.7. The van der Waals surface area contributed by atoms with Crippen molar-refractivity contribution in [3.05, 3.63) is 249 Å². The molecule has 11 aromatic carbocycles. The summed E-state index contributed by atoms with van der Waals surface area (Å²) in [5, 5.41) is 7.26. The number of aromatic nitrogens is 3. The van der Waals surface area contributed by atoms with Crippen molar-refractivity contribution in [2.75, 3.05) is 0 Å². The van der Waals surface area contributed by atoms with Crippen LogP contribution in [0.2, 0.25) is 0 Å². The number of hydrogen-bond donors (Lipinski definition) is 0. The number of rotatable bonds is 8. The first-order valence-corrected chi connectivity index (χ1v) is 22.4. The highest BCUT2D eigenvalue weighted by Gasteiger charge is 2.17. The highest BCUT2D eigenvalue weighted by Crippen LogP contribution is 2.38. The molecular formula is C63H41N3. The average Bonchev–Trinajstić information content (AvgIpc) is 3.40. The molecule has 1 heterocycles. The van der Waals surface area contributed by atoms with Crippen LogP contribution >= 0.6 is 0 Å². The van der Waals surface area contributed by atoms with Crippen LogP contribution < -0.4 is 0 Å². The Labute approximate surface area is 384 Å². The van der Waals surface area contributed by atoms with Crippen LogP contribution in [0.3, 0.4) is 0 Å². The zero-order chi connectivity index (χ0) is 43.8. The predicted octanol–water partition coefficient (Wildman–Crippen LogP) is 16.7. The van der Waals surface area contributed by atoms with E-state index in [1.165, 1.54) is 54.6 Å². The lowest BCUT2D eigenvalue weighted by Crippen LogP contribution is -2.01. The molecule has 0 spiro atoms. The quantitative estimate of drug-likeness (QED) is 0.153. The zero-order valence-corrected chi connectivity index (χ0v) is 36.0. The minimum Gasteiger partial charge on any atom is -0.208 e. The van der Waals surface area contributed by atoms with Crippen LogP contribution in [0.1, 0.15) is 0 Å². The van der Waals surface area contributed by atoms with Gasteiger partial charge in [-0.1, -0.05) is 231 Å². The topological polar surface area (TPSA) is 38.7 Å². The van der Waals surface area contributed by atoms with Gasteiger partial charge in [-0.25, -0.2) is 15.0 Å². The van der Waals surface area contributed by atoms with Crippen molar-refractivity contribution in [3.63, 3.8) is 0 Å². The van der Waals surface area contributed by atoms with Gasteiger partial charge in [0.1, 0.15) is 0 Å². The van der Waals surface area contributed by atoms with Crippen molar-refractivity contribution < 1.29 is 0 Å². The maximum Gasteiger partial charge on any atom is 0.164 e. The summed E-state index contributed by atoms with van der Waals surface area (Å²) in [5.41, 5.74) is 14.2. The fourth-order valence-electron chi connectivity index (χ4n) is 9.36. The molecule has 0 saturated carbocycles. The standard InChI is InChI=1S/C63H41N3/c1-2-13-42(14-3-1)43-27-29-44(30-28-43)52-39-53(60-26-12-20-47-17-6-9-23-57(47)60)41-54(40-52)63-65-61(50-35-31-48(32-36-50)58-24-10-18-45-15-4-7-21-55(45)58)64-62(66-63)51-37-33-49(34-38-51)59-25-11-19-46-16-5-8-22-56(46)59/h1-41H. The van der Waals surface area contributed by atoms with E-state index in [0.29, 0.717) is 17.5 Å². The van der Waals surface area contributed by atoms with Gasteiger partial charge in [-0.05, 0) is 106 Å². The van der Waals surface area contributed by atoms with Gasteiger partial charge in [0.15, 0.2) is 17.5 Å². The van der Waals surface area contributed by atoms with E-state index in [0.717, 1.165) is 50.1 Å². The molecule has 0 atom stereocenters. The van der Waals surface area contributed by atoms with E-state index in [-0.39, 0.29) is 0 Å². The molecule has 0 aliphatic heterocycles. The maximum absolute atomic E-state index is 5.31. The Morgan fingerprint density at radius 1 is 0.182 bits per heavy atom. The Balaban J connectivity index is 1.02. The van der Waals surface area contributed by atoms with Crippen molar-refractivity contribution in [2.24, 2.45) is 0 Å². The monoisotopic (exact) mass is 839 g/mol. The Bertz CT molecular complexity index is 3570. The van der Waals surface area contributed by atoms with Crippen LogP contribution in [0, 0.1) is 0 Å². The van der Waals surface area contributed by atoms with Crippen LogP contribution in [-0.2, 0) is 0 Å². The summed E-state index contributed by atoms with van der Waals surface area (Å²) < 4.78 is 0. The number of benzene rings is 11. The molecule has 3 heteroatoms. The molecule has 0 saturated heterocycles. The maximum atomic E-state index is 5.31. The second-order valence-electron chi connectivity index (χ2n) is 16.8. The molecular weight excluding hydrogens is 799 g/mol. The van der Waals surface area contributed by atoms with Crippen molar-refractivity contribution in [3.8, 4) is 89.8 Å². The molecule has 0 N–H and O–H groups in total. The average molecular weight is 840 g/mol. The van der Waals surface area contributed by atoms with Gasteiger partial charge in [0.05, 0.1) is 0 Å². The lowest BCUT2D eigenvalue weighted by Gasteiger charge is -2.14.